The Morgan fingerprint density at radius 1 is 1.00 bits per heavy atom. The molecule has 0 aromatic heterocycles. The van der Waals surface area contributed by atoms with Crippen LogP contribution in [0.3, 0.4) is 0 Å². The normalized spacial score (nSPS) is 10.1. The molecule has 18 heavy (non-hydrogen) atoms. The highest BCUT2D eigenvalue weighted by atomic mass is 19.1. The van der Waals surface area contributed by atoms with E-state index in [1.54, 1.807) is 30.3 Å². The summed E-state index contributed by atoms with van der Waals surface area (Å²) in [5, 5.41) is 0. The molecule has 0 aliphatic heterocycles. The molecule has 0 amide bonds. The van der Waals surface area contributed by atoms with E-state index in [2.05, 4.69) is 0 Å². The number of esters is 1. The average Bonchev–Trinajstić information content (AvgIpc) is 2.36. The first-order valence-electron chi connectivity index (χ1n) is 5.32. The summed E-state index contributed by atoms with van der Waals surface area (Å²) in [6, 6.07) is 11.4. The number of ether oxygens (including phenoxy) is 1. The smallest absolute Gasteiger partial charge is 0.338 e. The van der Waals surface area contributed by atoms with Crippen molar-refractivity contribution in [2.75, 3.05) is 0 Å². The molecule has 4 heteroatoms. The maximum Gasteiger partial charge on any atom is 0.338 e. The molecule has 2 aromatic rings. The largest absolute Gasteiger partial charge is 0.457 e. The minimum absolute atomic E-state index is 0.164. The fraction of sp³-hybridized carbons (Fsp3) is 0.0714. The van der Waals surface area contributed by atoms with Gasteiger partial charge in [-0.2, -0.15) is 0 Å². The van der Waals surface area contributed by atoms with Gasteiger partial charge in [0, 0.05) is 6.07 Å². The zero-order valence-electron chi connectivity index (χ0n) is 9.40. The molecule has 2 aromatic carbocycles. The van der Waals surface area contributed by atoms with Gasteiger partial charge in [0.1, 0.15) is 18.2 Å². The van der Waals surface area contributed by atoms with Crippen LogP contribution in [-0.4, -0.2) is 5.97 Å². The van der Waals surface area contributed by atoms with Crippen molar-refractivity contribution in [3.63, 3.8) is 0 Å². The average molecular weight is 248 g/mol. The van der Waals surface area contributed by atoms with Gasteiger partial charge in [0.25, 0.3) is 0 Å². The predicted molar refractivity (Wildman–Crippen MR) is 61.9 cm³/mol. The van der Waals surface area contributed by atoms with Crippen LogP contribution in [0.4, 0.5) is 8.78 Å². The lowest BCUT2D eigenvalue weighted by atomic mass is 10.2. The van der Waals surface area contributed by atoms with E-state index in [0.29, 0.717) is 5.56 Å². The number of hydrogen-bond acceptors (Lipinski definition) is 2. The molecule has 0 spiro atoms. The molecule has 2 rings (SSSR count). The van der Waals surface area contributed by atoms with Crippen LogP contribution in [0.1, 0.15) is 15.9 Å². The summed E-state index contributed by atoms with van der Waals surface area (Å²) in [5.74, 6) is -1.92. The zero-order chi connectivity index (χ0) is 13.0. The molecule has 0 N–H and O–H groups in total. The number of rotatable bonds is 3. The summed E-state index contributed by atoms with van der Waals surface area (Å²) < 4.78 is 30.7. The van der Waals surface area contributed by atoms with E-state index in [4.69, 9.17) is 4.74 Å². The molecule has 0 saturated carbocycles. The molecule has 0 aliphatic rings. The van der Waals surface area contributed by atoms with E-state index >= 15 is 0 Å². The highest BCUT2D eigenvalue weighted by Crippen LogP contribution is 2.10. The van der Waals surface area contributed by atoms with Gasteiger partial charge in [0.05, 0.1) is 5.56 Å². The van der Waals surface area contributed by atoms with Gasteiger partial charge in [0.2, 0.25) is 0 Å². The quantitative estimate of drug-likeness (QED) is 0.779. The first kappa shape index (κ1) is 12.2. The van der Waals surface area contributed by atoms with Gasteiger partial charge in [-0.1, -0.05) is 18.2 Å². The minimum atomic E-state index is -0.694. The van der Waals surface area contributed by atoms with Crippen molar-refractivity contribution in [1.29, 1.82) is 0 Å². The Kier molecular flexibility index (Phi) is 3.67. The van der Waals surface area contributed by atoms with Crippen molar-refractivity contribution in [3.8, 4) is 0 Å². The standard InChI is InChI=1S/C14H10F2O2/c15-12-6-10(7-13(16)8-12)9-18-14(17)11-4-2-1-3-5-11/h1-8H,9H2. The van der Waals surface area contributed by atoms with Crippen LogP contribution in [0.25, 0.3) is 0 Å². The van der Waals surface area contributed by atoms with Crippen LogP contribution in [0.5, 0.6) is 0 Å². The Labute approximate surface area is 103 Å². The van der Waals surface area contributed by atoms with Gasteiger partial charge in [-0.25, -0.2) is 13.6 Å². The van der Waals surface area contributed by atoms with Gasteiger partial charge < -0.3 is 4.74 Å². The lowest BCUT2D eigenvalue weighted by Gasteiger charge is -2.05. The molecule has 0 heterocycles. The molecule has 0 fully saturated rings. The van der Waals surface area contributed by atoms with Gasteiger partial charge >= 0.3 is 5.97 Å². The van der Waals surface area contributed by atoms with Crippen molar-refractivity contribution >= 4 is 5.97 Å². The SMILES string of the molecule is O=C(OCc1cc(F)cc(F)c1)c1ccccc1. The molecule has 0 atom stereocenters. The Morgan fingerprint density at radius 3 is 2.22 bits per heavy atom. The third-order valence-electron chi connectivity index (χ3n) is 2.30. The molecule has 0 aliphatic carbocycles. The first-order valence-corrected chi connectivity index (χ1v) is 5.32. The van der Waals surface area contributed by atoms with E-state index in [-0.39, 0.29) is 12.2 Å². The molecule has 0 bridgehead atoms. The Balaban J connectivity index is 2.02. The summed E-state index contributed by atoms with van der Waals surface area (Å²) in [7, 11) is 0. The Bertz CT molecular complexity index is 533. The predicted octanol–water partition coefficient (Wildman–Crippen LogP) is 3.32. The van der Waals surface area contributed by atoms with E-state index in [1.165, 1.54) is 0 Å². The van der Waals surface area contributed by atoms with Crippen LogP contribution in [0, 0.1) is 11.6 Å². The van der Waals surface area contributed by atoms with Gasteiger partial charge in [-0.3, -0.25) is 0 Å². The zero-order valence-corrected chi connectivity index (χ0v) is 9.40. The monoisotopic (exact) mass is 248 g/mol. The Morgan fingerprint density at radius 2 is 1.61 bits per heavy atom. The van der Waals surface area contributed by atoms with Crippen molar-refractivity contribution in [2.45, 2.75) is 6.61 Å². The van der Waals surface area contributed by atoms with E-state index in [0.717, 1.165) is 18.2 Å². The lowest BCUT2D eigenvalue weighted by molar-refractivity contribution is 0.0472. The van der Waals surface area contributed by atoms with Crippen molar-refractivity contribution in [3.05, 3.63) is 71.3 Å². The summed E-state index contributed by atoms with van der Waals surface area (Å²) in [4.78, 5) is 11.6. The summed E-state index contributed by atoms with van der Waals surface area (Å²) in [5.41, 5.74) is 0.672. The van der Waals surface area contributed by atoms with Gasteiger partial charge in [-0.05, 0) is 29.8 Å². The van der Waals surface area contributed by atoms with E-state index in [9.17, 15) is 13.6 Å². The molecule has 92 valence electrons. The number of carbonyl (C=O) groups is 1. The third kappa shape index (κ3) is 3.13. The highest BCUT2D eigenvalue weighted by molar-refractivity contribution is 5.89. The van der Waals surface area contributed by atoms with E-state index in [1.807, 2.05) is 0 Å². The van der Waals surface area contributed by atoms with Crippen molar-refractivity contribution in [2.24, 2.45) is 0 Å². The molecule has 0 radical (unpaired) electrons. The number of benzene rings is 2. The van der Waals surface area contributed by atoms with Crippen LogP contribution in [0.15, 0.2) is 48.5 Å². The summed E-state index contributed by atoms with van der Waals surface area (Å²) in [6.45, 7) is -0.164. The maximum atomic E-state index is 12.9. The van der Waals surface area contributed by atoms with Crippen LogP contribution >= 0.6 is 0 Å². The van der Waals surface area contributed by atoms with Crippen molar-refractivity contribution in [1.82, 2.24) is 0 Å². The van der Waals surface area contributed by atoms with Crippen molar-refractivity contribution < 1.29 is 18.3 Å². The second-order valence-corrected chi connectivity index (χ2v) is 3.72. The first-order chi connectivity index (χ1) is 8.65. The number of hydrogen-bond donors (Lipinski definition) is 0. The molecule has 0 saturated heterocycles. The lowest BCUT2D eigenvalue weighted by Crippen LogP contribution is -2.05. The third-order valence-corrected chi connectivity index (χ3v) is 2.30. The van der Waals surface area contributed by atoms with Crippen LogP contribution < -0.4 is 0 Å². The second-order valence-electron chi connectivity index (χ2n) is 3.72. The fourth-order valence-electron chi connectivity index (χ4n) is 1.50. The Hall–Kier alpha value is -2.23. The molecular formula is C14H10F2O2. The van der Waals surface area contributed by atoms with Crippen LogP contribution in [-0.2, 0) is 11.3 Å². The summed E-state index contributed by atoms with van der Waals surface area (Å²) >= 11 is 0. The molecular weight excluding hydrogens is 238 g/mol. The highest BCUT2D eigenvalue weighted by Gasteiger charge is 2.07. The van der Waals surface area contributed by atoms with Gasteiger partial charge in [0.15, 0.2) is 0 Å². The maximum absolute atomic E-state index is 12.9. The molecule has 2 nitrogen and oxygen atoms in total. The minimum Gasteiger partial charge on any atom is -0.457 e. The topological polar surface area (TPSA) is 26.3 Å². The van der Waals surface area contributed by atoms with Crippen LogP contribution in [0.2, 0.25) is 0 Å². The fourth-order valence-corrected chi connectivity index (χ4v) is 1.50. The second kappa shape index (κ2) is 5.40. The molecule has 0 unspecified atom stereocenters. The summed E-state index contributed by atoms with van der Waals surface area (Å²) in [6.07, 6.45) is 0. The van der Waals surface area contributed by atoms with E-state index < -0.39 is 17.6 Å². The number of halogens is 2. The number of carbonyl (C=O) groups excluding carboxylic acids is 1. The van der Waals surface area contributed by atoms with Gasteiger partial charge in [-0.15, -0.1) is 0 Å².